The number of nitrogens with one attached hydrogen (secondary N) is 4. The Balaban J connectivity index is 1.56. The molecule has 0 aliphatic heterocycles. The third-order valence-electron chi connectivity index (χ3n) is 5.55. The Morgan fingerprint density at radius 2 is 0.972 bits per heavy atom. The SMILES string of the molecule is CCNC(=O)c1cccc(NC(=O)CCCCCCCCC(=O)Nc2cccc(C(=O)NCC)c2)c1. The van der Waals surface area contributed by atoms with Crippen LogP contribution in [-0.4, -0.2) is 36.7 Å². The van der Waals surface area contributed by atoms with Crippen molar-refractivity contribution in [3.63, 3.8) is 0 Å². The summed E-state index contributed by atoms with van der Waals surface area (Å²) in [6, 6.07) is 13.9. The summed E-state index contributed by atoms with van der Waals surface area (Å²) in [7, 11) is 0. The van der Waals surface area contributed by atoms with Gasteiger partial charge in [0.1, 0.15) is 0 Å². The average molecular weight is 495 g/mol. The zero-order valence-electron chi connectivity index (χ0n) is 21.3. The van der Waals surface area contributed by atoms with Gasteiger partial charge in [-0.05, 0) is 63.1 Å². The number of benzene rings is 2. The van der Waals surface area contributed by atoms with Crippen LogP contribution in [0.25, 0.3) is 0 Å². The minimum Gasteiger partial charge on any atom is -0.352 e. The Bertz CT molecular complexity index is 941. The molecular weight excluding hydrogens is 456 g/mol. The zero-order valence-corrected chi connectivity index (χ0v) is 21.3. The van der Waals surface area contributed by atoms with Crippen molar-refractivity contribution >= 4 is 35.0 Å². The van der Waals surface area contributed by atoms with E-state index >= 15 is 0 Å². The molecule has 4 N–H and O–H groups in total. The third kappa shape index (κ3) is 10.7. The molecule has 0 spiro atoms. The molecular formula is C28H38N4O4. The van der Waals surface area contributed by atoms with E-state index in [2.05, 4.69) is 21.3 Å². The first kappa shape index (κ1) is 28.6. The molecule has 0 aromatic heterocycles. The summed E-state index contributed by atoms with van der Waals surface area (Å²) < 4.78 is 0. The lowest BCUT2D eigenvalue weighted by Gasteiger charge is -2.08. The van der Waals surface area contributed by atoms with Crippen LogP contribution in [0.1, 0.15) is 85.9 Å². The minimum absolute atomic E-state index is 0.0593. The lowest BCUT2D eigenvalue weighted by molar-refractivity contribution is -0.117. The summed E-state index contributed by atoms with van der Waals surface area (Å²) in [6.45, 7) is 4.83. The van der Waals surface area contributed by atoms with E-state index in [9.17, 15) is 19.2 Å². The second kappa shape index (κ2) is 16.1. The topological polar surface area (TPSA) is 116 Å². The van der Waals surface area contributed by atoms with Gasteiger partial charge in [0, 0.05) is 48.4 Å². The van der Waals surface area contributed by atoms with Crippen molar-refractivity contribution in [2.75, 3.05) is 23.7 Å². The summed E-state index contributed by atoms with van der Waals surface area (Å²) in [5, 5.41) is 11.2. The van der Waals surface area contributed by atoms with E-state index in [1.54, 1.807) is 48.5 Å². The zero-order chi connectivity index (χ0) is 26.2. The minimum atomic E-state index is -0.156. The standard InChI is InChI=1S/C28H38N4O4/c1-3-29-27(35)21-13-11-15-23(19-21)31-25(33)17-9-7-5-6-8-10-18-26(34)32-24-16-12-14-22(20-24)28(36)30-4-2/h11-16,19-20H,3-10,17-18H2,1-2H3,(H,29,35)(H,30,36)(H,31,33)(H,32,34). The molecule has 0 unspecified atom stereocenters. The molecule has 0 saturated heterocycles. The molecule has 0 aliphatic rings. The fraction of sp³-hybridized carbons (Fsp3) is 0.429. The maximum absolute atomic E-state index is 12.2. The first-order valence-corrected chi connectivity index (χ1v) is 12.8. The molecule has 0 saturated carbocycles. The lowest BCUT2D eigenvalue weighted by atomic mass is 10.1. The van der Waals surface area contributed by atoms with Gasteiger partial charge in [0.05, 0.1) is 0 Å². The van der Waals surface area contributed by atoms with Crippen LogP contribution < -0.4 is 21.3 Å². The van der Waals surface area contributed by atoms with Crippen molar-refractivity contribution < 1.29 is 19.2 Å². The molecule has 8 heteroatoms. The van der Waals surface area contributed by atoms with Gasteiger partial charge in [-0.1, -0.05) is 37.8 Å². The van der Waals surface area contributed by atoms with Crippen molar-refractivity contribution in [1.82, 2.24) is 10.6 Å². The van der Waals surface area contributed by atoms with Crippen LogP contribution in [0.3, 0.4) is 0 Å². The second-order valence-corrected chi connectivity index (χ2v) is 8.60. The monoisotopic (exact) mass is 494 g/mol. The van der Waals surface area contributed by atoms with Crippen molar-refractivity contribution in [2.45, 2.75) is 65.2 Å². The van der Waals surface area contributed by atoms with Crippen LogP contribution in [0, 0.1) is 0 Å². The number of unbranched alkanes of at least 4 members (excludes halogenated alkanes) is 5. The Morgan fingerprint density at radius 3 is 1.36 bits per heavy atom. The van der Waals surface area contributed by atoms with E-state index in [4.69, 9.17) is 0 Å². The summed E-state index contributed by atoms with van der Waals surface area (Å²) in [5.41, 5.74) is 2.29. The lowest BCUT2D eigenvalue weighted by Crippen LogP contribution is -2.22. The highest BCUT2D eigenvalue weighted by Crippen LogP contribution is 2.14. The third-order valence-corrected chi connectivity index (χ3v) is 5.55. The number of amides is 4. The van der Waals surface area contributed by atoms with Crippen molar-refractivity contribution in [1.29, 1.82) is 0 Å². The molecule has 0 atom stereocenters. The van der Waals surface area contributed by atoms with E-state index in [0.29, 0.717) is 48.4 Å². The van der Waals surface area contributed by atoms with Crippen LogP contribution in [0.4, 0.5) is 11.4 Å². The van der Waals surface area contributed by atoms with Gasteiger partial charge in [-0.3, -0.25) is 19.2 Å². The smallest absolute Gasteiger partial charge is 0.251 e. The average Bonchev–Trinajstić information content (AvgIpc) is 2.86. The Labute approximate surface area is 213 Å². The molecule has 4 amide bonds. The first-order valence-electron chi connectivity index (χ1n) is 12.8. The largest absolute Gasteiger partial charge is 0.352 e. The van der Waals surface area contributed by atoms with Crippen LogP contribution in [-0.2, 0) is 9.59 Å². The molecule has 2 aromatic carbocycles. The highest BCUT2D eigenvalue weighted by atomic mass is 16.2. The molecule has 2 rings (SSSR count). The second-order valence-electron chi connectivity index (χ2n) is 8.60. The van der Waals surface area contributed by atoms with Gasteiger partial charge in [-0.15, -0.1) is 0 Å². The number of rotatable bonds is 15. The van der Waals surface area contributed by atoms with E-state index in [-0.39, 0.29) is 23.6 Å². The number of hydrogen-bond donors (Lipinski definition) is 4. The van der Waals surface area contributed by atoms with Crippen LogP contribution in [0.15, 0.2) is 48.5 Å². The summed E-state index contributed by atoms with van der Waals surface area (Å²) in [6.07, 6.45) is 6.38. The van der Waals surface area contributed by atoms with Gasteiger partial charge in [0.15, 0.2) is 0 Å². The van der Waals surface area contributed by atoms with Crippen molar-refractivity contribution in [3.05, 3.63) is 59.7 Å². The number of anilines is 2. The van der Waals surface area contributed by atoms with Crippen LogP contribution >= 0.6 is 0 Å². The Morgan fingerprint density at radius 1 is 0.583 bits per heavy atom. The molecule has 0 fully saturated rings. The Kier molecular flexibility index (Phi) is 12.8. The molecule has 0 heterocycles. The fourth-order valence-electron chi connectivity index (χ4n) is 3.73. The predicted octanol–water partition coefficient (Wildman–Crippen LogP) is 4.88. The van der Waals surface area contributed by atoms with Crippen molar-refractivity contribution in [2.24, 2.45) is 0 Å². The fourth-order valence-corrected chi connectivity index (χ4v) is 3.73. The van der Waals surface area contributed by atoms with Gasteiger partial charge >= 0.3 is 0 Å². The highest BCUT2D eigenvalue weighted by Gasteiger charge is 2.08. The molecule has 0 bridgehead atoms. The van der Waals surface area contributed by atoms with Gasteiger partial charge in [-0.2, -0.15) is 0 Å². The molecule has 8 nitrogen and oxygen atoms in total. The molecule has 0 radical (unpaired) electrons. The normalized spacial score (nSPS) is 10.4. The van der Waals surface area contributed by atoms with E-state index in [1.165, 1.54) is 0 Å². The number of carbonyl (C=O) groups is 4. The van der Waals surface area contributed by atoms with E-state index < -0.39 is 0 Å². The van der Waals surface area contributed by atoms with E-state index in [0.717, 1.165) is 38.5 Å². The number of carbonyl (C=O) groups excluding carboxylic acids is 4. The molecule has 2 aromatic rings. The van der Waals surface area contributed by atoms with E-state index in [1.807, 2.05) is 13.8 Å². The molecule has 0 aliphatic carbocycles. The molecule has 194 valence electrons. The number of hydrogen-bond acceptors (Lipinski definition) is 4. The highest BCUT2D eigenvalue weighted by molar-refractivity contribution is 5.98. The van der Waals surface area contributed by atoms with Crippen molar-refractivity contribution in [3.8, 4) is 0 Å². The maximum atomic E-state index is 12.2. The Hall–Kier alpha value is -3.68. The predicted molar refractivity (Wildman–Crippen MR) is 143 cm³/mol. The first-order chi connectivity index (χ1) is 17.4. The quantitative estimate of drug-likeness (QED) is 0.264. The van der Waals surface area contributed by atoms with Gasteiger partial charge in [0.25, 0.3) is 11.8 Å². The maximum Gasteiger partial charge on any atom is 0.251 e. The summed E-state index contributed by atoms with van der Waals surface area (Å²) in [4.78, 5) is 48.2. The summed E-state index contributed by atoms with van der Waals surface area (Å²) in [5.74, 6) is -0.430. The van der Waals surface area contributed by atoms with Gasteiger partial charge in [-0.25, -0.2) is 0 Å². The summed E-state index contributed by atoms with van der Waals surface area (Å²) >= 11 is 0. The van der Waals surface area contributed by atoms with Crippen LogP contribution in [0.2, 0.25) is 0 Å². The van der Waals surface area contributed by atoms with Gasteiger partial charge < -0.3 is 21.3 Å². The molecule has 36 heavy (non-hydrogen) atoms. The van der Waals surface area contributed by atoms with Gasteiger partial charge in [0.2, 0.25) is 11.8 Å². The van der Waals surface area contributed by atoms with Crippen LogP contribution in [0.5, 0.6) is 0 Å².